The minimum Gasteiger partial charge on any atom is -0.300 e. The Bertz CT molecular complexity index is 119. The standard InChI is InChI=1S/C9H16NO/c1-2-9(5-8-11)10-6-3-4-7-10/h9H,2-7H2,1H3. The number of hydrogen-bond donors (Lipinski definition) is 0. The Balaban J connectivity index is 2.33. The molecule has 0 amide bonds. The molecule has 0 N–H and O–H groups in total. The first kappa shape index (κ1) is 8.72. The van der Waals surface area contributed by atoms with E-state index in [1.54, 1.807) is 0 Å². The van der Waals surface area contributed by atoms with Crippen LogP contribution in [0.25, 0.3) is 0 Å². The van der Waals surface area contributed by atoms with Crippen LogP contribution in [0.1, 0.15) is 32.6 Å². The van der Waals surface area contributed by atoms with Gasteiger partial charge in [0.2, 0.25) is 0 Å². The number of likely N-dealkylation sites (tertiary alicyclic amines) is 1. The van der Waals surface area contributed by atoms with Crippen molar-refractivity contribution >= 4 is 6.29 Å². The van der Waals surface area contributed by atoms with Crippen LogP contribution in [0.2, 0.25) is 0 Å². The molecule has 0 aliphatic carbocycles. The fraction of sp³-hybridized carbons (Fsp3) is 0.889. The second-order valence-corrected chi connectivity index (χ2v) is 3.15. The van der Waals surface area contributed by atoms with Gasteiger partial charge in [-0.05, 0) is 32.4 Å². The van der Waals surface area contributed by atoms with Gasteiger partial charge >= 0.3 is 0 Å². The molecule has 1 rings (SSSR count). The van der Waals surface area contributed by atoms with Gasteiger partial charge in [0.15, 0.2) is 6.29 Å². The van der Waals surface area contributed by atoms with Crippen molar-refractivity contribution in [1.82, 2.24) is 4.90 Å². The molecule has 1 aliphatic rings. The van der Waals surface area contributed by atoms with Crippen LogP contribution in [-0.2, 0) is 4.79 Å². The summed E-state index contributed by atoms with van der Waals surface area (Å²) in [6.45, 7) is 4.50. The molecule has 1 radical (unpaired) electrons. The smallest absolute Gasteiger partial charge is 0.200 e. The van der Waals surface area contributed by atoms with Gasteiger partial charge in [0, 0.05) is 12.5 Å². The van der Waals surface area contributed by atoms with Crippen molar-refractivity contribution in [2.45, 2.75) is 38.6 Å². The van der Waals surface area contributed by atoms with Gasteiger partial charge in [-0.25, -0.2) is 0 Å². The van der Waals surface area contributed by atoms with Gasteiger partial charge in [0.1, 0.15) is 0 Å². The Labute approximate surface area is 68.6 Å². The van der Waals surface area contributed by atoms with Crippen molar-refractivity contribution in [3.8, 4) is 0 Å². The van der Waals surface area contributed by atoms with E-state index in [-0.39, 0.29) is 0 Å². The Kier molecular flexibility index (Phi) is 3.57. The van der Waals surface area contributed by atoms with Crippen molar-refractivity contribution < 1.29 is 4.79 Å². The Hall–Kier alpha value is -0.370. The summed E-state index contributed by atoms with van der Waals surface area (Å²) < 4.78 is 0. The van der Waals surface area contributed by atoms with Crippen LogP contribution >= 0.6 is 0 Å². The second-order valence-electron chi connectivity index (χ2n) is 3.15. The molecule has 0 aromatic heterocycles. The summed E-state index contributed by atoms with van der Waals surface area (Å²) in [6.07, 6.45) is 6.28. The third-order valence-electron chi connectivity index (χ3n) is 2.45. The lowest BCUT2D eigenvalue weighted by molar-refractivity contribution is 0.240. The summed E-state index contributed by atoms with van der Waals surface area (Å²) >= 11 is 0. The lowest BCUT2D eigenvalue weighted by Gasteiger charge is -2.23. The first-order valence-corrected chi connectivity index (χ1v) is 4.47. The topological polar surface area (TPSA) is 20.3 Å². The Morgan fingerprint density at radius 2 is 2.09 bits per heavy atom. The first-order valence-electron chi connectivity index (χ1n) is 4.47. The SMILES string of the molecule is CCC(C[C]=O)N1CCCC1. The van der Waals surface area contributed by atoms with Gasteiger partial charge in [-0.3, -0.25) is 9.69 Å². The van der Waals surface area contributed by atoms with E-state index in [9.17, 15) is 4.79 Å². The molecular formula is C9H16NO. The fourth-order valence-corrected chi connectivity index (χ4v) is 1.73. The van der Waals surface area contributed by atoms with Crippen LogP contribution in [0, 0.1) is 0 Å². The number of rotatable bonds is 4. The van der Waals surface area contributed by atoms with Crippen molar-refractivity contribution in [2.24, 2.45) is 0 Å². The summed E-state index contributed by atoms with van der Waals surface area (Å²) in [4.78, 5) is 12.6. The molecule has 0 saturated carbocycles. The maximum atomic E-state index is 10.2. The third kappa shape index (κ3) is 2.29. The van der Waals surface area contributed by atoms with Crippen LogP contribution in [0.5, 0.6) is 0 Å². The molecule has 1 saturated heterocycles. The van der Waals surface area contributed by atoms with E-state index in [0.29, 0.717) is 12.5 Å². The second kappa shape index (κ2) is 4.50. The first-order chi connectivity index (χ1) is 5.38. The molecule has 0 aromatic carbocycles. The van der Waals surface area contributed by atoms with E-state index < -0.39 is 0 Å². The average Bonchev–Trinajstić information content (AvgIpc) is 2.52. The number of carbonyl (C=O) groups excluding carboxylic acids is 1. The van der Waals surface area contributed by atoms with Gasteiger partial charge in [0.05, 0.1) is 0 Å². The molecule has 63 valence electrons. The Morgan fingerprint density at radius 3 is 2.55 bits per heavy atom. The van der Waals surface area contributed by atoms with E-state index in [1.165, 1.54) is 25.9 Å². The van der Waals surface area contributed by atoms with Crippen LogP contribution in [0.15, 0.2) is 0 Å². The quantitative estimate of drug-likeness (QED) is 0.609. The molecule has 2 nitrogen and oxygen atoms in total. The van der Waals surface area contributed by atoms with Crippen LogP contribution in [-0.4, -0.2) is 30.3 Å². The highest BCUT2D eigenvalue weighted by molar-refractivity contribution is 5.51. The molecule has 11 heavy (non-hydrogen) atoms. The van der Waals surface area contributed by atoms with Crippen molar-refractivity contribution in [2.75, 3.05) is 13.1 Å². The number of hydrogen-bond acceptors (Lipinski definition) is 2. The molecule has 0 bridgehead atoms. The van der Waals surface area contributed by atoms with Crippen LogP contribution in [0.3, 0.4) is 0 Å². The molecule has 1 aliphatic heterocycles. The highest BCUT2D eigenvalue weighted by Gasteiger charge is 2.19. The molecule has 1 heterocycles. The van der Waals surface area contributed by atoms with E-state index >= 15 is 0 Å². The summed E-state index contributed by atoms with van der Waals surface area (Å²) in [5, 5.41) is 0. The predicted octanol–water partition coefficient (Wildman–Crippen LogP) is 1.36. The minimum atomic E-state index is 0.468. The van der Waals surface area contributed by atoms with Gasteiger partial charge in [-0.2, -0.15) is 0 Å². The van der Waals surface area contributed by atoms with Gasteiger partial charge < -0.3 is 0 Å². The van der Waals surface area contributed by atoms with E-state index in [2.05, 4.69) is 11.8 Å². The highest BCUT2D eigenvalue weighted by Crippen LogP contribution is 2.15. The molecule has 1 unspecified atom stereocenters. The third-order valence-corrected chi connectivity index (χ3v) is 2.45. The monoisotopic (exact) mass is 154 g/mol. The predicted molar refractivity (Wildman–Crippen MR) is 45.2 cm³/mol. The fourth-order valence-electron chi connectivity index (χ4n) is 1.73. The molecule has 1 fully saturated rings. The van der Waals surface area contributed by atoms with Gasteiger partial charge in [-0.1, -0.05) is 6.92 Å². The minimum absolute atomic E-state index is 0.468. The van der Waals surface area contributed by atoms with Gasteiger partial charge in [-0.15, -0.1) is 0 Å². The normalized spacial score (nSPS) is 21.9. The molecule has 1 atom stereocenters. The molecule has 0 aromatic rings. The van der Waals surface area contributed by atoms with Crippen molar-refractivity contribution in [3.05, 3.63) is 0 Å². The van der Waals surface area contributed by atoms with E-state index in [0.717, 1.165) is 6.42 Å². The maximum absolute atomic E-state index is 10.2. The summed E-state index contributed by atoms with van der Waals surface area (Å²) in [6, 6.07) is 0.468. The molecular weight excluding hydrogens is 138 g/mol. The average molecular weight is 154 g/mol. The summed E-state index contributed by atoms with van der Waals surface area (Å²) in [5.41, 5.74) is 0. The van der Waals surface area contributed by atoms with Crippen LogP contribution < -0.4 is 0 Å². The van der Waals surface area contributed by atoms with E-state index in [4.69, 9.17) is 0 Å². The largest absolute Gasteiger partial charge is 0.300 e. The van der Waals surface area contributed by atoms with E-state index in [1.807, 2.05) is 6.29 Å². The van der Waals surface area contributed by atoms with Crippen molar-refractivity contribution in [1.29, 1.82) is 0 Å². The molecule has 0 spiro atoms. The zero-order chi connectivity index (χ0) is 8.10. The van der Waals surface area contributed by atoms with Crippen LogP contribution in [0.4, 0.5) is 0 Å². The van der Waals surface area contributed by atoms with Crippen molar-refractivity contribution in [3.63, 3.8) is 0 Å². The zero-order valence-electron chi connectivity index (χ0n) is 7.18. The molecule has 2 heteroatoms. The zero-order valence-corrected chi connectivity index (χ0v) is 7.18. The summed E-state index contributed by atoms with van der Waals surface area (Å²) in [7, 11) is 0. The summed E-state index contributed by atoms with van der Waals surface area (Å²) in [5.74, 6) is 0. The lowest BCUT2D eigenvalue weighted by atomic mass is 10.1. The maximum Gasteiger partial charge on any atom is 0.200 e. The lowest BCUT2D eigenvalue weighted by Crippen LogP contribution is -2.32. The number of nitrogens with zero attached hydrogens (tertiary/aromatic N) is 1. The Morgan fingerprint density at radius 1 is 1.45 bits per heavy atom. The van der Waals surface area contributed by atoms with Gasteiger partial charge in [0.25, 0.3) is 0 Å². The highest BCUT2D eigenvalue weighted by atomic mass is 16.1.